The molecule has 0 heterocycles. The molecule has 0 aliphatic carbocycles. The van der Waals surface area contributed by atoms with Gasteiger partial charge in [0.2, 0.25) is 0 Å². The van der Waals surface area contributed by atoms with Gasteiger partial charge in [-0.15, -0.1) is 0 Å². The number of esters is 1. The topological polar surface area (TPSA) is 98.5 Å². The van der Waals surface area contributed by atoms with E-state index in [4.69, 9.17) is 4.74 Å². The first-order chi connectivity index (χ1) is 13.0. The van der Waals surface area contributed by atoms with Gasteiger partial charge in [0.25, 0.3) is 11.6 Å². The maximum atomic E-state index is 12.7. The maximum Gasteiger partial charge on any atom is 0.416 e. The van der Waals surface area contributed by atoms with E-state index in [0.29, 0.717) is 17.2 Å². The minimum atomic E-state index is -4.63. The third-order valence-corrected chi connectivity index (χ3v) is 3.93. The third-order valence-electron chi connectivity index (χ3n) is 3.93. The van der Waals surface area contributed by atoms with Crippen LogP contribution in [0.2, 0.25) is 0 Å². The number of amides is 1. The molecule has 1 amide bonds. The molecule has 0 aliphatic heterocycles. The van der Waals surface area contributed by atoms with Crippen molar-refractivity contribution in [3.05, 3.63) is 68.8 Å². The van der Waals surface area contributed by atoms with Gasteiger partial charge in [-0.3, -0.25) is 14.9 Å². The van der Waals surface area contributed by atoms with Crippen molar-refractivity contribution >= 4 is 23.3 Å². The average Bonchev–Trinajstić information content (AvgIpc) is 2.62. The molecular weight excluding hydrogens is 381 g/mol. The number of nitro groups is 1. The molecule has 10 heteroatoms. The summed E-state index contributed by atoms with van der Waals surface area (Å²) in [6.07, 6.45) is -4.63. The van der Waals surface area contributed by atoms with Gasteiger partial charge in [0.15, 0.2) is 6.61 Å². The first-order valence-electron chi connectivity index (χ1n) is 7.89. The van der Waals surface area contributed by atoms with Crippen LogP contribution in [0.5, 0.6) is 0 Å². The number of benzene rings is 2. The van der Waals surface area contributed by atoms with Gasteiger partial charge in [-0.2, -0.15) is 13.2 Å². The Balaban J connectivity index is 2.09. The number of carbonyl (C=O) groups excluding carboxylic acids is 2. The van der Waals surface area contributed by atoms with E-state index in [1.807, 2.05) is 0 Å². The number of rotatable bonds is 5. The number of halogens is 3. The molecule has 0 unspecified atom stereocenters. The first kappa shape index (κ1) is 20.9. The van der Waals surface area contributed by atoms with Gasteiger partial charge in [0, 0.05) is 6.07 Å². The van der Waals surface area contributed by atoms with Gasteiger partial charge < -0.3 is 10.1 Å². The zero-order valence-electron chi connectivity index (χ0n) is 14.8. The van der Waals surface area contributed by atoms with Crippen molar-refractivity contribution < 1.29 is 32.4 Å². The zero-order valence-corrected chi connectivity index (χ0v) is 14.8. The van der Waals surface area contributed by atoms with E-state index in [1.165, 1.54) is 12.1 Å². The fraction of sp³-hybridized carbons (Fsp3) is 0.222. The number of carbonyl (C=O) groups is 2. The molecule has 2 aromatic rings. The van der Waals surface area contributed by atoms with Crippen LogP contribution in [-0.2, 0) is 15.7 Å². The van der Waals surface area contributed by atoms with Gasteiger partial charge in [-0.1, -0.05) is 12.1 Å². The molecule has 0 fully saturated rings. The van der Waals surface area contributed by atoms with Crippen LogP contribution in [0.4, 0.5) is 24.5 Å². The highest BCUT2D eigenvalue weighted by Crippen LogP contribution is 2.31. The van der Waals surface area contributed by atoms with Crippen LogP contribution in [0.25, 0.3) is 0 Å². The average molecular weight is 396 g/mol. The summed E-state index contributed by atoms with van der Waals surface area (Å²) in [5.41, 5.74) is -0.614. The van der Waals surface area contributed by atoms with Crippen LogP contribution in [0.1, 0.15) is 27.0 Å². The van der Waals surface area contributed by atoms with E-state index in [1.54, 1.807) is 13.8 Å². The van der Waals surface area contributed by atoms with Crippen LogP contribution in [0, 0.1) is 24.0 Å². The molecule has 148 valence electrons. The summed E-state index contributed by atoms with van der Waals surface area (Å²) < 4.78 is 42.8. The second kappa shape index (κ2) is 8.07. The smallest absolute Gasteiger partial charge is 0.416 e. The van der Waals surface area contributed by atoms with Crippen LogP contribution < -0.4 is 5.32 Å². The highest BCUT2D eigenvalue weighted by molar-refractivity contribution is 5.97. The third kappa shape index (κ3) is 4.84. The van der Waals surface area contributed by atoms with Gasteiger partial charge in [0.05, 0.1) is 16.1 Å². The van der Waals surface area contributed by atoms with Gasteiger partial charge >= 0.3 is 12.1 Å². The normalized spacial score (nSPS) is 11.0. The van der Waals surface area contributed by atoms with Gasteiger partial charge in [-0.25, -0.2) is 4.79 Å². The molecule has 2 aromatic carbocycles. The highest BCUT2D eigenvalue weighted by atomic mass is 19.4. The van der Waals surface area contributed by atoms with Crippen molar-refractivity contribution in [1.82, 2.24) is 0 Å². The van der Waals surface area contributed by atoms with E-state index < -0.39 is 35.1 Å². The molecular formula is C18H15F3N2O5. The lowest BCUT2D eigenvalue weighted by Crippen LogP contribution is -2.22. The number of hydrogen-bond donors (Lipinski definition) is 1. The summed E-state index contributed by atoms with van der Waals surface area (Å²) >= 11 is 0. The fourth-order valence-corrected chi connectivity index (χ4v) is 2.32. The molecule has 7 nitrogen and oxygen atoms in total. The van der Waals surface area contributed by atoms with Crippen molar-refractivity contribution in [1.29, 1.82) is 0 Å². The molecule has 0 aliphatic rings. The second-order valence-electron chi connectivity index (χ2n) is 5.86. The Kier molecular flexibility index (Phi) is 6.02. The van der Waals surface area contributed by atoms with E-state index >= 15 is 0 Å². The van der Waals surface area contributed by atoms with Crippen LogP contribution >= 0.6 is 0 Å². The largest absolute Gasteiger partial charge is 0.452 e. The Bertz CT molecular complexity index is 941. The summed E-state index contributed by atoms with van der Waals surface area (Å²) in [7, 11) is 0. The Hall–Kier alpha value is -3.43. The van der Waals surface area contributed by atoms with Crippen molar-refractivity contribution in [3.8, 4) is 0 Å². The molecule has 1 N–H and O–H groups in total. The van der Waals surface area contributed by atoms with E-state index in [0.717, 1.165) is 18.2 Å². The first-order valence-corrected chi connectivity index (χ1v) is 7.89. The van der Waals surface area contributed by atoms with Crippen LogP contribution in [-0.4, -0.2) is 23.4 Å². The molecule has 0 bridgehead atoms. The SMILES string of the molecule is Cc1ccc([N+](=O)[O-])c(NC(=O)COC(=O)c2cccc(C(F)(F)F)c2)c1C. The van der Waals surface area contributed by atoms with Crippen molar-refractivity contribution in [2.75, 3.05) is 11.9 Å². The Morgan fingerprint density at radius 1 is 1.18 bits per heavy atom. The zero-order chi connectivity index (χ0) is 21.1. The molecule has 0 aromatic heterocycles. The quantitative estimate of drug-likeness (QED) is 0.467. The second-order valence-corrected chi connectivity index (χ2v) is 5.86. The Morgan fingerprint density at radius 3 is 2.46 bits per heavy atom. The molecule has 0 atom stereocenters. The van der Waals surface area contributed by atoms with Crippen LogP contribution in [0.3, 0.4) is 0 Å². The number of alkyl halides is 3. The minimum Gasteiger partial charge on any atom is -0.452 e. The minimum absolute atomic E-state index is 0.0369. The molecule has 0 radical (unpaired) electrons. The number of hydrogen-bond acceptors (Lipinski definition) is 5. The molecule has 0 saturated carbocycles. The monoisotopic (exact) mass is 396 g/mol. The van der Waals surface area contributed by atoms with Gasteiger partial charge in [-0.05, 0) is 43.2 Å². The number of nitro benzene ring substituents is 1. The predicted octanol–water partition coefficient (Wildman–Crippen LogP) is 4.03. The fourth-order valence-electron chi connectivity index (χ4n) is 2.32. The van der Waals surface area contributed by atoms with E-state index in [2.05, 4.69) is 5.32 Å². The lowest BCUT2D eigenvalue weighted by molar-refractivity contribution is -0.384. The lowest BCUT2D eigenvalue weighted by atomic mass is 10.1. The summed E-state index contributed by atoms with van der Waals surface area (Å²) in [6.45, 7) is 2.45. The maximum absolute atomic E-state index is 12.7. The molecule has 0 spiro atoms. The number of ether oxygens (including phenoxy) is 1. The number of anilines is 1. The summed E-state index contributed by atoms with van der Waals surface area (Å²) in [4.78, 5) is 34.4. The van der Waals surface area contributed by atoms with Gasteiger partial charge in [0.1, 0.15) is 5.69 Å². The van der Waals surface area contributed by atoms with E-state index in [-0.39, 0.29) is 16.9 Å². The van der Waals surface area contributed by atoms with Crippen LogP contribution in [0.15, 0.2) is 36.4 Å². The predicted molar refractivity (Wildman–Crippen MR) is 92.9 cm³/mol. The lowest BCUT2D eigenvalue weighted by Gasteiger charge is -2.12. The summed E-state index contributed by atoms with van der Waals surface area (Å²) in [5.74, 6) is -1.99. The molecule has 28 heavy (non-hydrogen) atoms. The highest BCUT2D eigenvalue weighted by Gasteiger charge is 2.31. The number of nitrogens with one attached hydrogen (secondary N) is 1. The summed E-state index contributed by atoms with van der Waals surface area (Å²) in [5, 5.41) is 13.4. The Morgan fingerprint density at radius 2 is 1.86 bits per heavy atom. The van der Waals surface area contributed by atoms with E-state index in [9.17, 15) is 32.9 Å². The van der Waals surface area contributed by atoms with Crippen molar-refractivity contribution in [3.63, 3.8) is 0 Å². The number of aryl methyl sites for hydroxylation is 1. The molecule has 0 saturated heterocycles. The Labute approximate surface area is 157 Å². The molecule has 2 rings (SSSR count). The number of nitrogens with zero attached hydrogens (tertiary/aromatic N) is 1. The standard InChI is InChI=1S/C18H15F3N2O5/c1-10-6-7-14(23(26)27)16(11(10)2)22-15(24)9-28-17(25)12-4-3-5-13(8-12)18(19,20)21/h3-8H,9H2,1-2H3,(H,22,24). The summed E-state index contributed by atoms with van der Waals surface area (Å²) in [6, 6.07) is 6.31. The van der Waals surface area contributed by atoms with Crippen molar-refractivity contribution in [2.45, 2.75) is 20.0 Å². The van der Waals surface area contributed by atoms with Crippen molar-refractivity contribution in [2.24, 2.45) is 0 Å².